The molecule has 1 aliphatic rings. The van der Waals surface area contributed by atoms with Crippen LogP contribution in [0.15, 0.2) is 34.3 Å². The van der Waals surface area contributed by atoms with Gasteiger partial charge >= 0.3 is 6.18 Å². The Kier molecular flexibility index (Phi) is 5.29. The number of alkyl halides is 3. The predicted octanol–water partition coefficient (Wildman–Crippen LogP) is 3.18. The molecule has 15 heteroatoms. The summed E-state index contributed by atoms with van der Waals surface area (Å²) in [5.41, 5.74) is -2.07. The van der Waals surface area contributed by atoms with Crippen LogP contribution in [-0.4, -0.2) is 48.0 Å². The third-order valence-electron chi connectivity index (χ3n) is 5.77. The summed E-state index contributed by atoms with van der Waals surface area (Å²) in [4.78, 5) is 25.2. The lowest BCUT2D eigenvalue weighted by Crippen LogP contribution is -2.28. The number of pyridine rings is 2. The van der Waals surface area contributed by atoms with E-state index in [1.54, 1.807) is 0 Å². The zero-order valence-electron chi connectivity index (χ0n) is 18.3. The van der Waals surface area contributed by atoms with Gasteiger partial charge in [0.1, 0.15) is 23.2 Å². The summed E-state index contributed by atoms with van der Waals surface area (Å²) < 4.78 is 70.4. The third kappa shape index (κ3) is 3.89. The number of rotatable bonds is 5. The van der Waals surface area contributed by atoms with Crippen LogP contribution >= 0.6 is 11.6 Å². The third-order valence-corrected chi connectivity index (χ3v) is 7.69. The molecule has 4 aromatic rings. The molecule has 0 saturated heterocycles. The molecule has 0 atom stereocenters. The Hall–Kier alpha value is -3.26. The molecule has 35 heavy (non-hydrogen) atoms. The maximum absolute atomic E-state index is 13.7. The Bertz CT molecular complexity index is 1650. The van der Waals surface area contributed by atoms with Crippen molar-refractivity contribution in [1.29, 1.82) is 0 Å². The number of nitrogens with zero attached hydrogens (tertiary/aromatic N) is 7. The molecular formula is C20H17ClF3N7O3S. The maximum atomic E-state index is 13.7. The van der Waals surface area contributed by atoms with Gasteiger partial charge in [-0.05, 0) is 36.6 Å². The van der Waals surface area contributed by atoms with Crippen LogP contribution in [0.3, 0.4) is 0 Å². The lowest BCUT2D eigenvalue weighted by Gasteiger charge is -2.15. The van der Waals surface area contributed by atoms with Crippen LogP contribution in [0.1, 0.15) is 31.5 Å². The fraction of sp³-hybridized carbons (Fsp3) is 0.350. The van der Waals surface area contributed by atoms with E-state index >= 15 is 0 Å². The van der Waals surface area contributed by atoms with Crippen LogP contribution in [-0.2, 0) is 23.1 Å². The second-order valence-electron chi connectivity index (χ2n) is 8.06. The van der Waals surface area contributed by atoms with E-state index in [0.717, 1.165) is 10.6 Å². The van der Waals surface area contributed by atoms with Crippen molar-refractivity contribution in [3.63, 3.8) is 0 Å². The number of aromatic nitrogens is 7. The molecule has 10 nitrogen and oxygen atoms in total. The van der Waals surface area contributed by atoms with Gasteiger partial charge in [0, 0.05) is 13.1 Å². The molecule has 4 heterocycles. The second-order valence-corrected chi connectivity index (χ2v) is 10.6. The van der Waals surface area contributed by atoms with Gasteiger partial charge in [-0.2, -0.15) is 13.2 Å². The van der Waals surface area contributed by atoms with Crippen molar-refractivity contribution in [3.8, 4) is 17.2 Å². The lowest BCUT2D eigenvalue weighted by atomic mass is 10.2. The lowest BCUT2D eigenvalue weighted by molar-refractivity contribution is -0.144. The van der Waals surface area contributed by atoms with Gasteiger partial charge in [0.05, 0.1) is 28.0 Å². The van der Waals surface area contributed by atoms with Crippen LogP contribution in [0, 0.1) is 0 Å². The van der Waals surface area contributed by atoms with Crippen LogP contribution in [0.2, 0.25) is 5.28 Å². The number of hydrogen-bond donors (Lipinski definition) is 0. The average molecular weight is 528 g/mol. The van der Waals surface area contributed by atoms with Crippen LogP contribution in [0.4, 0.5) is 13.2 Å². The highest BCUT2D eigenvalue weighted by atomic mass is 35.5. The molecule has 1 saturated carbocycles. The van der Waals surface area contributed by atoms with Gasteiger partial charge in [-0.25, -0.2) is 28.1 Å². The monoisotopic (exact) mass is 527 g/mol. The Morgan fingerprint density at radius 3 is 2.49 bits per heavy atom. The van der Waals surface area contributed by atoms with Crippen molar-refractivity contribution in [3.05, 3.63) is 46.0 Å². The minimum Gasteiger partial charge on any atom is -0.321 e. The van der Waals surface area contributed by atoms with Crippen molar-refractivity contribution >= 4 is 32.5 Å². The zero-order chi connectivity index (χ0) is 25.3. The molecule has 4 aromatic heterocycles. The van der Waals surface area contributed by atoms with Gasteiger partial charge in [-0.3, -0.25) is 9.36 Å². The number of sulfone groups is 1. The number of fused-ring (bicyclic) bond motifs is 1. The van der Waals surface area contributed by atoms with Crippen molar-refractivity contribution in [2.45, 2.75) is 36.9 Å². The average Bonchev–Trinajstić information content (AvgIpc) is 3.45. The Morgan fingerprint density at radius 1 is 1.20 bits per heavy atom. The van der Waals surface area contributed by atoms with E-state index < -0.39 is 33.3 Å². The Morgan fingerprint density at radius 2 is 1.91 bits per heavy atom. The fourth-order valence-corrected chi connectivity index (χ4v) is 5.08. The van der Waals surface area contributed by atoms with Gasteiger partial charge in [0.2, 0.25) is 5.28 Å². The van der Waals surface area contributed by atoms with Gasteiger partial charge < -0.3 is 4.57 Å². The fourth-order valence-electron chi connectivity index (χ4n) is 3.91. The van der Waals surface area contributed by atoms with Gasteiger partial charge in [-0.15, -0.1) is 5.10 Å². The van der Waals surface area contributed by atoms with E-state index in [4.69, 9.17) is 11.6 Å². The van der Waals surface area contributed by atoms with Gasteiger partial charge in [0.25, 0.3) is 5.56 Å². The van der Waals surface area contributed by atoms with Gasteiger partial charge in [0.15, 0.2) is 15.7 Å². The minimum atomic E-state index is -4.76. The van der Waals surface area contributed by atoms with E-state index in [1.807, 2.05) is 0 Å². The molecule has 0 amide bonds. The molecule has 0 aliphatic heterocycles. The highest BCUT2D eigenvalue weighted by Crippen LogP contribution is 2.40. The highest BCUT2D eigenvalue weighted by molar-refractivity contribution is 7.91. The van der Waals surface area contributed by atoms with E-state index in [2.05, 4.69) is 20.1 Å². The molecule has 0 N–H and O–H groups in total. The molecule has 0 unspecified atom stereocenters. The van der Waals surface area contributed by atoms with Crippen LogP contribution in [0.5, 0.6) is 0 Å². The van der Waals surface area contributed by atoms with Crippen molar-refractivity contribution < 1.29 is 21.6 Å². The molecule has 1 fully saturated rings. The molecule has 0 radical (unpaired) electrons. The molecule has 0 spiro atoms. The second kappa shape index (κ2) is 7.88. The Balaban J connectivity index is 1.78. The normalized spacial score (nSPS) is 14.7. The van der Waals surface area contributed by atoms with Crippen LogP contribution < -0.4 is 5.56 Å². The first kappa shape index (κ1) is 23.5. The standard InChI is InChI=1S/C20H17ClF3N7O3S/c1-3-35(33,34)13-6-11(30-9-26-19(21)28-30)8-25-15(13)17-27-12-7-14(20(22,23)24)31(10-4-5-10)18(32)16(12)29(17)2/h6-10H,3-5H2,1-2H3. The molecule has 0 aromatic carbocycles. The first-order valence-electron chi connectivity index (χ1n) is 10.4. The summed E-state index contributed by atoms with van der Waals surface area (Å²) in [5, 5.41) is 3.87. The maximum Gasteiger partial charge on any atom is 0.431 e. The highest BCUT2D eigenvalue weighted by Gasteiger charge is 2.40. The predicted molar refractivity (Wildman–Crippen MR) is 119 cm³/mol. The van der Waals surface area contributed by atoms with Crippen LogP contribution in [0.25, 0.3) is 28.2 Å². The summed E-state index contributed by atoms with van der Waals surface area (Å²) in [6.45, 7) is 1.44. The SMILES string of the molecule is CCS(=O)(=O)c1cc(-n2cnc(Cl)n2)cnc1-c1nc2cc(C(F)(F)F)n(C3CC3)c(=O)c2n1C. The van der Waals surface area contributed by atoms with E-state index in [-0.39, 0.29) is 44.2 Å². The first-order valence-corrected chi connectivity index (χ1v) is 12.4. The van der Waals surface area contributed by atoms with Gasteiger partial charge in [-0.1, -0.05) is 6.92 Å². The largest absolute Gasteiger partial charge is 0.431 e. The van der Waals surface area contributed by atoms with Crippen molar-refractivity contribution in [1.82, 2.24) is 33.9 Å². The van der Waals surface area contributed by atoms with E-state index in [9.17, 15) is 26.4 Å². The summed E-state index contributed by atoms with van der Waals surface area (Å²) in [6, 6.07) is 1.58. The summed E-state index contributed by atoms with van der Waals surface area (Å²) in [5.74, 6) is -0.339. The van der Waals surface area contributed by atoms with Crippen molar-refractivity contribution in [2.24, 2.45) is 7.05 Å². The minimum absolute atomic E-state index is 0.0586. The molecule has 184 valence electrons. The summed E-state index contributed by atoms with van der Waals surface area (Å²) in [7, 11) is -2.45. The molecular weight excluding hydrogens is 511 g/mol. The quantitative estimate of drug-likeness (QED) is 0.391. The topological polar surface area (TPSA) is 118 Å². The summed E-state index contributed by atoms with van der Waals surface area (Å²) >= 11 is 5.75. The number of imidazole rings is 1. The number of hydrogen-bond acceptors (Lipinski definition) is 7. The first-order chi connectivity index (χ1) is 16.4. The molecule has 5 rings (SSSR count). The summed E-state index contributed by atoms with van der Waals surface area (Å²) in [6.07, 6.45) is -1.25. The molecule has 1 aliphatic carbocycles. The van der Waals surface area contributed by atoms with E-state index in [0.29, 0.717) is 12.8 Å². The zero-order valence-corrected chi connectivity index (χ0v) is 19.9. The number of aryl methyl sites for hydroxylation is 1. The smallest absolute Gasteiger partial charge is 0.321 e. The number of halogens is 4. The van der Waals surface area contributed by atoms with E-state index in [1.165, 1.54) is 41.8 Å². The Labute approximate surface area is 200 Å². The van der Waals surface area contributed by atoms with Crippen molar-refractivity contribution in [2.75, 3.05) is 5.75 Å². The molecule has 0 bridgehead atoms.